The summed E-state index contributed by atoms with van der Waals surface area (Å²) < 4.78 is 38.5. The highest BCUT2D eigenvalue weighted by Gasteiger charge is 2.38. The third kappa shape index (κ3) is 3.01. The maximum atomic E-state index is 12.8. The maximum absolute atomic E-state index is 12.8. The van der Waals surface area contributed by atoms with Crippen molar-refractivity contribution in [2.45, 2.75) is 48.6 Å². The molecule has 0 aliphatic carbocycles. The Kier molecular flexibility index (Phi) is 3.40. The van der Waals surface area contributed by atoms with Gasteiger partial charge in [0.25, 0.3) is 0 Å². The standard InChI is InChI=1S/C13H15F3OS/c1-12(2,17)7-8-6-9-10(13(14,15)16)4-3-5-11(9)18-8/h3-5,8,17H,6-7H2,1-2H3. The number of rotatable bonds is 2. The van der Waals surface area contributed by atoms with Crippen LogP contribution in [-0.4, -0.2) is 16.0 Å². The molecule has 0 amide bonds. The van der Waals surface area contributed by atoms with Gasteiger partial charge in [0.15, 0.2) is 0 Å². The molecular weight excluding hydrogens is 261 g/mol. The molecule has 0 aromatic heterocycles. The van der Waals surface area contributed by atoms with Crippen molar-refractivity contribution in [3.63, 3.8) is 0 Å². The molecule has 5 heteroatoms. The normalized spacial score (nSPS) is 20.0. The lowest BCUT2D eigenvalue weighted by Crippen LogP contribution is -2.24. The molecule has 0 saturated carbocycles. The molecule has 100 valence electrons. The minimum atomic E-state index is -4.30. The quantitative estimate of drug-likeness (QED) is 0.884. The molecule has 1 N–H and O–H groups in total. The number of aliphatic hydroxyl groups is 1. The number of fused-ring (bicyclic) bond motifs is 1. The van der Waals surface area contributed by atoms with Crippen LogP contribution in [0.1, 0.15) is 31.4 Å². The SMILES string of the molecule is CC(C)(O)CC1Cc2c(cccc2C(F)(F)F)S1. The van der Waals surface area contributed by atoms with Gasteiger partial charge in [0.05, 0.1) is 11.2 Å². The maximum Gasteiger partial charge on any atom is 0.416 e. The Labute approximate surface area is 108 Å². The number of hydrogen-bond donors (Lipinski definition) is 1. The van der Waals surface area contributed by atoms with Crippen molar-refractivity contribution in [2.24, 2.45) is 0 Å². The van der Waals surface area contributed by atoms with E-state index in [1.165, 1.54) is 17.8 Å². The summed E-state index contributed by atoms with van der Waals surface area (Å²) in [5.74, 6) is 0. The molecule has 18 heavy (non-hydrogen) atoms. The third-order valence-electron chi connectivity index (χ3n) is 2.89. The van der Waals surface area contributed by atoms with E-state index in [2.05, 4.69) is 0 Å². The van der Waals surface area contributed by atoms with E-state index < -0.39 is 17.3 Å². The number of hydrogen-bond acceptors (Lipinski definition) is 2. The molecule has 1 aromatic carbocycles. The van der Waals surface area contributed by atoms with E-state index in [0.29, 0.717) is 23.3 Å². The first-order valence-corrected chi connectivity index (χ1v) is 6.63. The van der Waals surface area contributed by atoms with Gasteiger partial charge in [0.2, 0.25) is 0 Å². The molecule has 2 rings (SSSR count). The first-order chi connectivity index (χ1) is 8.17. The van der Waals surface area contributed by atoms with E-state index in [0.717, 1.165) is 6.07 Å². The lowest BCUT2D eigenvalue weighted by atomic mass is 9.96. The molecule has 1 aliphatic heterocycles. The summed E-state index contributed by atoms with van der Waals surface area (Å²) in [5.41, 5.74) is -1.01. The molecule has 0 radical (unpaired) electrons. The van der Waals surface area contributed by atoms with Crippen molar-refractivity contribution in [3.8, 4) is 0 Å². The zero-order valence-corrected chi connectivity index (χ0v) is 11.0. The molecule has 0 fully saturated rings. The van der Waals surface area contributed by atoms with Gasteiger partial charge in [-0.05, 0) is 44.4 Å². The molecule has 1 atom stereocenters. The van der Waals surface area contributed by atoms with Crippen LogP contribution in [0.2, 0.25) is 0 Å². The van der Waals surface area contributed by atoms with E-state index in [1.807, 2.05) is 0 Å². The zero-order valence-electron chi connectivity index (χ0n) is 10.2. The molecule has 1 nitrogen and oxygen atoms in total. The molecule has 1 unspecified atom stereocenters. The number of benzene rings is 1. The fourth-order valence-electron chi connectivity index (χ4n) is 2.27. The van der Waals surface area contributed by atoms with Gasteiger partial charge in [-0.15, -0.1) is 11.8 Å². The number of thioether (sulfide) groups is 1. The highest BCUT2D eigenvalue weighted by molar-refractivity contribution is 8.00. The van der Waals surface area contributed by atoms with E-state index in [9.17, 15) is 18.3 Å². The molecule has 1 aliphatic rings. The first-order valence-electron chi connectivity index (χ1n) is 5.75. The molecule has 0 spiro atoms. The number of halogens is 3. The van der Waals surface area contributed by atoms with Gasteiger partial charge in [-0.1, -0.05) is 6.07 Å². The molecule has 0 bridgehead atoms. The summed E-state index contributed by atoms with van der Waals surface area (Å²) in [5, 5.41) is 9.77. The lowest BCUT2D eigenvalue weighted by Gasteiger charge is -2.20. The van der Waals surface area contributed by atoms with Crippen LogP contribution in [0.15, 0.2) is 23.1 Å². The Bertz CT molecular complexity index is 449. The number of alkyl halides is 3. The van der Waals surface area contributed by atoms with Crippen LogP contribution in [0.3, 0.4) is 0 Å². The van der Waals surface area contributed by atoms with Gasteiger partial charge in [0, 0.05) is 10.1 Å². The molecule has 0 saturated heterocycles. The van der Waals surface area contributed by atoms with Gasteiger partial charge >= 0.3 is 6.18 Å². The van der Waals surface area contributed by atoms with Crippen molar-refractivity contribution in [2.75, 3.05) is 0 Å². The van der Waals surface area contributed by atoms with Crippen LogP contribution in [-0.2, 0) is 12.6 Å². The summed E-state index contributed by atoms with van der Waals surface area (Å²) in [4.78, 5) is 0.694. The van der Waals surface area contributed by atoms with E-state index >= 15 is 0 Å². The van der Waals surface area contributed by atoms with Gasteiger partial charge < -0.3 is 5.11 Å². The average Bonchev–Trinajstić information content (AvgIpc) is 2.53. The fourth-order valence-corrected chi connectivity index (χ4v) is 3.87. The predicted molar refractivity (Wildman–Crippen MR) is 65.7 cm³/mol. The second-order valence-corrected chi connectivity index (χ2v) is 6.58. The topological polar surface area (TPSA) is 20.2 Å². The minimum absolute atomic E-state index is 0.0171. The average molecular weight is 276 g/mol. The minimum Gasteiger partial charge on any atom is -0.390 e. The molecule has 1 heterocycles. The van der Waals surface area contributed by atoms with E-state index in [-0.39, 0.29) is 5.25 Å². The van der Waals surface area contributed by atoms with Crippen LogP contribution in [0, 0.1) is 0 Å². The van der Waals surface area contributed by atoms with E-state index in [1.54, 1.807) is 19.9 Å². The van der Waals surface area contributed by atoms with Crippen molar-refractivity contribution in [1.82, 2.24) is 0 Å². The van der Waals surface area contributed by atoms with Crippen molar-refractivity contribution >= 4 is 11.8 Å². The summed E-state index contributed by atoms with van der Waals surface area (Å²) >= 11 is 1.43. The first kappa shape index (κ1) is 13.7. The monoisotopic (exact) mass is 276 g/mol. The van der Waals surface area contributed by atoms with Gasteiger partial charge in [0.1, 0.15) is 0 Å². The van der Waals surface area contributed by atoms with E-state index in [4.69, 9.17) is 0 Å². The van der Waals surface area contributed by atoms with Crippen molar-refractivity contribution in [3.05, 3.63) is 29.3 Å². The highest BCUT2D eigenvalue weighted by Crippen LogP contribution is 2.45. The summed E-state index contributed by atoms with van der Waals surface area (Å²) in [6.07, 6.45) is -3.43. The largest absolute Gasteiger partial charge is 0.416 e. The van der Waals surface area contributed by atoms with Gasteiger partial charge in [-0.2, -0.15) is 13.2 Å². The van der Waals surface area contributed by atoms with Gasteiger partial charge in [-0.3, -0.25) is 0 Å². The Morgan fingerprint density at radius 1 is 1.33 bits per heavy atom. The summed E-state index contributed by atoms with van der Waals surface area (Å²) in [6.45, 7) is 3.36. The van der Waals surface area contributed by atoms with Crippen LogP contribution in [0.5, 0.6) is 0 Å². The van der Waals surface area contributed by atoms with Crippen molar-refractivity contribution < 1.29 is 18.3 Å². The van der Waals surface area contributed by atoms with Crippen LogP contribution < -0.4 is 0 Å². The smallest absolute Gasteiger partial charge is 0.390 e. The Morgan fingerprint density at radius 3 is 2.56 bits per heavy atom. The second-order valence-electron chi connectivity index (χ2n) is 5.24. The Hall–Kier alpha value is -0.680. The van der Waals surface area contributed by atoms with Gasteiger partial charge in [-0.25, -0.2) is 0 Å². The van der Waals surface area contributed by atoms with Crippen LogP contribution >= 0.6 is 11.8 Å². The highest BCUT2D eigenvalue weighted by atomic mass is 32.2. The summed E-state index contributed by atoms with van der Waals surface area (Å²) in [6, 6.07) is 4.30. The Morgan fingerprint density at radius 2 is 2.00 bits per heavy atom. The molecular formula is C13H15F3OS. The fraction of sp³-hybridized carbons (Fsp3) is 0.538. The molecule has 1 aromatic rings. The van der Waals surface area contributed by atoms with Crippen LogP contribution in [0.4, 0.5) is 13.2 Å². The predicted octanol–water partition coefficient (Wildman–Crippen LogP) is 3.88. The third-order valence-corrected chi connectivity index (χ3v) is 4.19. The zero-order chi connectivity index (χ0) is 13.6. The van der Waals surface area contributed by atoms with Crippen LogP contribution in [0.25, 0.3) is 0 Å². The Balaban J connectivity index is 2.25. The lowest BCUT2D eigenvalue weighted by molar-refractivity contribution is -0.138. The van der Waals surface area contributed by atoms with Crippen molar-refractivity contribution in [1.29, 1.82) is 0 Å². The second kappa shape index (κ2) is 4.46. The summed E-state index contributed by atoms with van der Waals surface area (Å²) in [7, 11) is 0.